The molecule has 1 aromatic carbocycles. The number of hydrogen-bond donors (Lipinski definition) is 1. The highest BCUT2D eigenvalue weighted by Gasteiger charge is 2.01. The molecule has 1 N–H and O–H groups in total. The lowest BCUT2D eigenvalue weighted by Gasteiger charge is -2.06. The van der Waals surface area contributed by atoms with Crippen molar-refractivity contribution in [2.75, 3.05) is 25.1 Å². The number of benzene rings is 1. The van der Waals surface area contributed by atoms with Crippen LogP contribution in [0.2, 0.25) is 5.02 Å². The maximum absolute atomic E-state index is 5.86. The first kappa shape index (κ1) is 14.8. The number of ether oxygens (including phenoxy) is 1. The fourth-order valence-corrected chi connectivity index (χ4v) is 1.86. The molecule has 0 saturated carbocycles. The van der Waals surface area contributed by atoms with Crippen LogP contribution in [0.25, 0.3) is 11.3 Å². The smallest absolute Gasteiger partial charge is 0.148 e. The molecule has 0 amide bonds. The SMILES string of the molecule is CCOCCCNc1ccc(-c2ccc(Cl)cc2)nn1. The highest BCUT2D eigenvalue weighted by molar-refractivity contribution is 6.30. The van der Waals surface area contributed by atoms with E-state index in [4.69, 9.17) is 16.3 Å². The summed E-state index contributed by atoms with van der Waals surface area (Å²) in [6.45, 7) is 4.35. The number of anilines is 1. The first-order valence-corrected chi connectivity index (χ1v) is 7.08. The molecule has 0 aliphatic heterocycles. The van der Waals surface area contributed by atoms with Gasteiger partial charge in [0.25, 0.3) is 0 Å². The van der Waals surface area contributed by atoms with E-state index >= 15 is 0 Å². The molecule has 0 bridgehead atoms. The first-order chi connectivity index (χ1) is 9.79. The topological polar surface area (TPSA) is 47.0 Å². The van der Waals surface area contributed by atoms with E-state index in [0.29, 0.717) is 5.02 Å². The van der Waals surface area contributed by atoms with E-state index in [2.05, 4.69) is 15.5 Å². The van der Waals surface area contributed by atoms with Gasteiger partial charge in [0.1, 0.15) is 5.82 Å². The van der Waals surface area contributed by atoms with Gasteiger partial charge in [-0.1, -0.05) is 23.7 Å². The average molecular weight is 292 g/mol. The Bertz CT molecular complexity index is 514. The minimum absolute atomic E-state index is 0.717. The standard InChI is InChI=1S/C15H18ClN3O/c1-2-20-11-3-10-17-15-9-8-14(18-19-15)12-4-6-13(16)7-5-12/h4-9H,2-3,10-11H2,1H3,(H,17,19). The molecule has 0 unspecified atom stereocenters. The summed E-state index contributed by atoms with van der Waals surface area (Å²) in [5.74, 6) is 0.777. The summed E-state index contributed by atoms with van der Waals surface area (Å²) in [5, 5.41) is 12.3. The maximum atomic E-state index is 5.86. The summed E-state index contributed by atoms with van der Waals surface area (Å²) >= 11 is 5.86. The monoisotopic (exact) mass is 291 g/mol. The summed E-state index contributed by atoms with van der Waals surface area (Å²) in [6, 6.07) is 11.4. The zero-order chi connectivity index (χ0) is 14.2. The van der Waals surface area contributed by atoms with Gasteiger partial charge in [0.2, 0.25) is 0 Å². The molecule has 106 valence electrons. The van der Waals surface area contributed by atoms with Crippen LogP contribution in [0.1, 0.15) is 13.3 Å². The average Bonchev–Trinajstić information content (AvgIpc) is 2.49. The lowest BCUT2D eigenvalue weighted by atomic mass is 10.1. The van der Waals surface area contributed by atoms with Gasteiger partial charge in [0.15, 0.2) is 0 Å². The molecule has 2 aromatic rings. The van der Waals surface area contributed by atoms with Crippen molar-refractivity contribution in [2.45, 2.75) is 13.3 Å². The molecular formula is C15H18ClN3O. The molecule has 0 aliphatic carbocycles. The van der Waals surface area contributed by atoms with Gasteiger partial charge in [-0.15, -0.1) is 10.2 Å². The zero-order valence-corrected chi connectivity index (χ0v) is 12.2. The normalized spacial score (nSPS) is 10.5. The number of hydrogen-bond acceptors (Lipinski definition) is 4. The fourth-order valence-electron chi connectivity index (χ4n) is 1.74. The van der Waals surface area contributed by atoms with Gasteiger partial charge in [-0.05, 0) is 37.6 Å². The molecule has 0 spiro atoms. The number of nitrogens with zero attached hydrogens (tertiary/aromatic N) is 2. The van der Waals surface area contributed by atoms with Crippen LogP contribution in [0.3, 0.4) is 0 Å². The van der Waals surface area contributed by atoms with E-state index in [9.17, 15) is 0 Å². The van der Waals surface area contributed by atoms with Gasteiger partial charge in [-0.2, -0.15) is 0 Å². The molecule has 0 radical (unpaired) electrons. The second kappa shape index (κ2) is 7.82. The first-order valence-electron chi connectivity index (χ1n) is 6.71. The van der Waals surface area contributed by atoms with Crippen LogP contribution >= 0.6 is 11.6 Å². The van der Waals surface area contributed by atoms with Crippen LogP contribution in [0.4, 0.5) is 5.82 Å². The molecular weight excluding hydrogens is 274 g/mol. The van der Waals surface area contributed by atoms with Crippen molar-refractivity contribution in [2.24, 2.45) is 0 Å². The zero-order valence-electron chi connectivity index (χ0n) is 11.5. The Morgan fingerprint density at radius 3 is 2.55 bits per heavy atom. The Kier molecular flexibility index (Phi) is 5.77. The number of aromatic nitrogens is 2. The van der Waals surface area contributed by atoms with Gasteiger partial charge in [0.05, 0.1) is 5.69 Å². The van der Waals surface area contributed by atoms with Crippen LogP contribution in [0.5, 0.6) is 0 Å². The number of halogens is 1. The Hall–Kier alpha value is -1.65. The predicted molar refractivity (Wildman–Crippen MR) is 82.1 cm³/mol. The summed E-state index contributed by atoms with van der Waals surface area (Å²) in [5.41, 5.74) is 1.84. The molecule has 4 nitrogen and oxygen atoms in total. The quantitative estimate of drug-likeness (QED) is 0.791. The van der Waals surface area contributed by atoms with E-state index in [-0.39, 0.29) is 0 Å². The summed E-state index contributed by atoms with van der Waals surface area (Å²) in [6.07, 6.45) is 0.953. The maximum Gasteiger partial charge on any atom is 0.148 e. The minimum Gasteiger partial charge on any atom is -0.382 e. The number of rotatable bonds is 7. The van der Waals surface area contributed by atoms with E-state index in [1.807, 2.05) is 43.3 Å². The molecule has 1 heterocycles. The molecule has 0 saturated heterocycles. The molecule has 1 aromatic heterocycles. The van der Waals surface area contributed by atoms with Crippen molar-refractivity contribution in [3.05, 3.63) is 41.4 Å². The third-order valence-corrected chi connectivity index (χ3v) is 3.03. The van der Waals surface area contributed by atoms with Crippen molar-refractivity contribution < 1.29 is 4.74 Å². The highest BCUT2D eigenvalue weighted by Crippen LogP contribution is 2.19. The van der Waals surface area contributed by atoms with Gasteiger partial charge in [-0.3, -0.25) is 0 Å². The third-order valence-electron chi connectivity index (χ3n) is 2.78. The molecule has 20 heavy (non-hydrogen) atoms. The Balaban J connectivity index is 1.88. The fraction of sp³-hybridized carbons (Fsp3) is 0.333. The second-order valence-corrected chi connectivity index (χ2v) is 4.72. The number of nitrogens with one attached hydrogen (secondary N) is 1. The Labute approximate surface area is 124 Å². The van der Waals surface area contributed by atoms with Crippen LogP contribution in [0.15, 0.2) is 36.4 Å². The summed E-state index contributed by atoms with van der Waals surface area (Å²) < 4.78 is 5.27. The van der Waals surface area contributed by atoms with Gasteiger partial charge < -0.3 is 10.1 Å². The largest absolute Gasteiger partial charge is 0.382 e. The van der Waals surface area contributed by atoms with Crippen LogP contribution in [0, 0.1) is 0 Å². The van der Waals surface area contributed by atoms with E-state index < -0.39 is 0 Å². The second-order valence-electron chi connectivity index (χ2n) is 4.29. The summed E-state index contributed by atoms with van der Waals surface area (Å²) in [7, 11) is 0. The summed E-state index contributed by atoms with van der Waals surface area (Å²) in [4.78, 5) is 0. The van der Waals surface area contributed by atoms with Crippen molar-refractivity contribution in [1.82, 2.24) is 10.2 Å². The molecule has 2 rings (SSSR count). The minimum atomic E-state index is 0.717. The molecule has 0 fully saturated rings. The van der Waals surface area contributed by atoms with Gasteiger partial charge >= 0.3 is 0 Å². The molecule has 5 heteroatoms. The van der Waals surface area contributed by atoms with Crippen LogP contribution in [-0.2, 0) is 4.74 Å². The van der Waals surface area contributed by atoms with Crippen LogP contribution < -0.4 is 5.32 Å². The predicted octanol–water partition coefficient (Wildman–Crippen LogP) is 3.64. The van der Waals surface area contributed by atoms with E-state index in [1.165, 1.54) is 0 Å². The van der Waals surface area contributed by atoms with Crippen molar-refractivity contribution in [3.63, 3.8) is 0 Å². The lowest BCUT2D eigenvalue weighted by Crippen LogP contribution is -2.07. The Morgan fingerprint density at radius 1 is 1.10 bits per heavy atom. The third kappa shape index (κ3) is 4.47. The van der Waals surface area contributed by atoms with Gasteiger partial charge in [-0.25, -0.2) is 0 Å². The lowest BCUT2D eigenvalue weighted by molar-refractivity contribution is 0.147. The highest BCUT2D eigenvalue weighted by atomic mass is 35.5. The van der Waals surface area contributed by atoms with Gasteiger partial charge in [0, 0.05) is 30.3 Å². The van der Waals surface area contributed by atoms with E-state index in [1.54, 1.807) is 0 Å². The van der Waals surface area contributed by atoms with Crippen molar-refractivity contribution in [1.29, 1.82) is 0 Å². The van der Waals surface area contributed by atoms with Crippen LogP contribution in [-0.4, -0.2) is 30.0 Å². The van der Waals surface area contributed by atoms with Crippen molar-refractivity contribution in [3.8, 4) is 11.3 Å². The Morgan fingerprint density at radius 2 is 1.90 bits per heavy atom. The van der Waals surface area contributed by atoms with Crippen molar-refractivity contribution >= 4 is 17.4 Å². The molecule has 0 atom stereocenters. The molecule has 0 aliphatic rings. The van der Waals surface area contributed by atoms with E-state index in [0.717, 1.165) is 43.3 Å².